The van der Waals surface area contributed by atoms with Gasteiger partial charge in [-0.05, 0) is 60.6 Å². The van der Waals surface area contributed by atoms with E-state index in [9.17, 15) is 9.59 Å². The second-order valence-electron chi connectivity index (χ2n) is 5.81. The number of nitrogens with one attached hydrogen (secondary N) is 1. The fourth-order valence-corrected chi connectivity index (χ4v) is 3.11. The highest BCUT2D eigenvalue weighted by Gasteiger charge is 2.18. The Labute approximate surface area is 135 Å². The van der Waals surface area contributed by atoms with Gasteiger partial charge in [-0.3, -0.25) is 4.79 Å². The van der Waals surface area contributed by atoms with E-state index >= 15 is 0 Å². The molecule has 4 nitrogen and oxygen atoms in total. The molecule has 0 bridgehead atoms. The maximum absolute atomic E-state index is 12.4. The maximum Gasteiger partial charge on any atom is 0.335 e. The Kier molecular flexibility index (Phi) is 4.42. The molecular weight excluding hydrogens is 290 g/mol. The molecular formula is C19H19NO3. The van der Waals surface area contributed by atoms with Gasteiger partial charge >= 0.3 is 5.97 Å². The number of fused-ring (bicyclic) bond motifs is 1. The van der Waals surface area contributed by atoms with Crippen molar-refractivity contribution in [1.29, 1.82) is 0 Å². The molecule has 3 rings (SSSR count). The van der Waals surface area contributed by atoms with Gasteiger partial charge in [-0.25, -0.2) is 4.79 Å². The molecule has 0 aromatic heterocycles. The summed E-state index contributed by atoms with van der Waals surface area (Å²) in [6, 6.07) is 12.7. The Balaban J connectivity index is 1.61. The van der Waals surface area contributed by atoms with Crippen molar-refractivity contribution in [2.24, 2.45) is 0 Å². The van der Waals surface area contributed by atoms with Gasteiger partial charge in [-0.2, -0.15) is 0 Å². The first-order valence-corrected chi connectivity index (χ1v) is 7.86. The average molecular weight is 309 g/mol. The van der Waals surface area contributed by atoms with Crippen LogP contribution in [0.25, 0.3) is 0 Å². The quantitative estimate of drug-likeness (QED) is 0.892. The van der Waals surface area contributed by atoms with Crippen molar-refractivity contribution in [3.05, 3.63) is 70.3 Å². The van der Waals surface area contributed by atoms with Crippen LogP contribution in [0.3, 0.4) is 0 Å². The largest absolute Gasteiger partial charge is 0.478 e. The van der Waals surface area contributed by atoms with Crippen molar-refractivity contribution in [3.63, 3.8) is 0 Å². The summed E-state index contributed by atoms with van der Waals surface area (Å²) in [7, 11) is 0. The van der Waals surface area contributed by atoms with Crippen LogP contribution in [0.4, 0.5) is 0 Å². The highest BCUT2D eigenvalue weighted by molar-refractivity contribution is 5.96. The molecule has 0 saturated carbocycles. The van der Waals surface area contributed by atoms with Crippen LogP contribution in [-0.2, 0) is 19.3 Å². The molecule has 0 spiro atoms. The normalized spacial score (nSPS) is 12.7. The molecule has 1 aliphatic rings. The predicted octanol–water partition coefficient (Wildman–Crippen LogP) is 2.85. The van der Waals surface area contributed by atoms with Gasteiger partial charge < -0.3 is 10.4 Å². The molecule has 0 radical (unpaired) electrons. The lowest BCUT2D eigenvalue weighted by Crippen LogP contribution is -2.26. The number of amides is 1. The minimum atomic E-state index is -0.935. The molecule has 0 unspecified atom stereocenters. The molecule has 2 aromatic rings. The summed E-state index contributed by atoms with van der Waals surface area (Å²) in [4.78, 5) is 23.3. The highest BCUT2D eigenvalue weighted by atomic mass is 16.4. The number of carbonyl (C=O) groups is 2. The van der Waals surface area contributed by atoms with E-state index in [1.54, 1.807) is 18.2 Å². The molecule has 0 aliphatic heterocycles. The number of carbonyl (C=O) groups excluding carboxylic acids is 1. The average Bonchev–Trinajstić information content (AvgIpc) is 3.03. The van der Waals surface area contributed by atoms with E-state index in [4.69, 9.17) is 5.11 Å². The Hall–Kier alpha value is -2.62. The van der Waals surface area contributed by atoms with E-state index in [0.717, 1.165) is 30.4 Å². The van der Waals surface area contributed by atoms with Crippen LogP contribution in [-0.4, -0.2) is 23.5 Å². The molecule has 2 N–H and O–H groups in total. The third-order valence-electron chi connectivity index (χ3n) is 4.26. The molecule has 0 atom stereocenters. The van der Waals surface area contributed by atoms with Crippen LogP contribution >= 0.6 is 0 Å². The summed E-state index contributed by atoms with van der Waals surface area (Å²) in [6.45, 7) is 0.492. The lowest BCUT2D eigenvalue weighted by atomic mass is 10.0. The van der Waals surface area contributed by atoms with Crippen LogP contribution < -0.4 is 5.32 Å². The van der Waals surface area contributed by atoms with Crippen molar-refractivity contribution in [2.75, 3.05) is 6.54 Å². The SMILES string of the molecule is O=C(O)c1cccc(CCNC(=O)c2cccc3c2CCC3)c1. The number of hydrogen-bond donors (Lipinski definition) is 2. The second kappa shape index (κ2) is 6.65. The van der Waals surface area contributed by atoms with E-state index in [1.165, 1.54) is 11.1 Å². The number of aromatic carboxylic acids is 1. The summed E-state index contributed by atoms with van der Waals surface area (Å²) in [6.07, 6.45) is 3.75. The molecule has 4 heteroatoms. The summed E-state index contributed by atoms with van der Waals surface area (Å²) < 4.78 is 0. The maximum atomic E-state index is 12.4. The van der Waals surface area contributed by atoms with Gasteiger partial charge in [0.15, 0.2) is 0 Å². The minimum Gasteiger partial charge on any atom is -0.478 e. The van der Waals surface area contributed by atoms with E-state index < -0.39 is 5.97 Å². The van der Waals surface area contributed by atoms with Gasteiger partial charge in [-0.15, -0.1) is 0 Å². The van der Waals surface area contributed by atoms with Crippen LogP contribution in [0.5, 0.6) is 0 Å². The smallest absolute Gasteiger partial charge is 0.335 e. The van der Waals surface area contributed by atoms with Gasteiger partial charge in [0.1, 0.15) is 0 Å². The van der Waals surface area contributed by atoms with E-state index in [2.05, 4.69) is 11.4 Å². The number of aryl methyl sites for hydroxylation is 1. The zero-order valence-electron chi connectivity index (χ0n) is 12.8. The topological polar surface area (TPSA) is 66.4 Å². The first-order valence-electron chi connectivity index (χ1n) is 7.86. The third kappa shape index (κ3) is 3.42. The Morgan fingerprint density at radius 1 is 1.09 bits per heavy atom. The van der Waals surface area contributed by atoms with Gasteiger partial charge in [-0.1, -0.05) is 24.3 Å². The van der Waals surface area contributed by atoms with Gasteiger partial charge in [0, 0.05) is 12.1 Å². The number of carboxylic acid groups (broad SMARTS) is 1. The first kappa shape index (κ1) is 15.3. The number of rotatable bonds is 5. The lowest BCUT2D eigenvalue weighted by Gasteiger charge is -2.09. The van der Waals surface area contributed by atoms with E-state index in [-0.39, 0.29) is 11.5 Å². The molecule has 1 amide bonds. The predicted molar refractivity (Wildman–Crippen MR) is 87.9 cm³/mol. The van der Waals surface area contributed by atoms with Gasteiger partial charge in [0.05, 0.1) is 5.56 Å². The van der Waals surface area contributed by atoms with Crippen molar-refractivity contribution < 1.29 is 14.7 Å². The summed E-state index contributed by atoms with van der Waals surface area (Å²) >= 11 is 0. The standard InChI is InChI=1S/C19H19NO3/c21-18(17-9-3-6-14-5-2-8-16(14)17)20-11-10-13-4-1-7-15(12-13)19(22)23/h1,3-4,6-7,9,12H,2,5,8,10-11H2,(H,20,21)(H,22,23). The first-order chi connectivity index (χ1) is 11.1. The monoisotopic (exact) mass is 309 g/mol. The summed E-state index contributed by atoms with van der Waals surface area (Å²) in [5, 5.41) is 11.9. The van der Waals surface area contributed by atoms with Crippen LogP contribution in [0.15, 0.2) is 42.5 Å². The fourth-order valence-electron chi connectivity index (χ4n) is 3.11. The molecule has 0 fully saturated rings. The summed E-state index contributed by atoms with van der Waals surface area (Å²) in [5.74, 6) is -0.978. The Morgan fingerprint density at radius 3 is 2.74 bits per heavy atom. The number of benzene rings is 2. The van der Waals surface area contributed by atoms with E-state index in [0.29, 0.717) is 13.0 Å². The van der Waals surface area contributed by atoms with Crippen molar-refractivity contribution >= 4 is 11.9 Å². The molecule has 118 valence electrons. The number of carboxylic acids is 1. The molecule has 0 saturated heterocycles. The van der Waals surface area contributed by atoms with Crippen molar-refractivity contribution in [1.82, 2.24) is 5.32 Å². The van der Waals surface area contributed by atoms with Crippen LogP contribution in [0.1, 0.15) is 43.8 Å². The van der Waals surface area contributed by atoms with Crippen molar-refractivity contribution in [2.45, 2.75) is 25.7 Å². The fraction of sp³-hybridized carbons (Fsp3) is 0.263. The Bertz CT molecular complexity index is 752. The zero-order chi connectivity index (χ0) is 16.2. The Morgan fingerprint density at radius 2 is 1.91 bits per heavy atom. The van der Waals surface area contributed by atoms with Gasteiger partial charge in [0.25, 0.3) is 5.91 Å². The third-order valence-corrected chi connectivity index (χ3v) is 4.26. The second-order valence-corrected chi connectivity index (χ2v) is 5.81. The zero-order valence-corrected chi connectivity index (χ0v) is 12.8. The van der Waals surface area contributed by atoms with Gasteiger partial charge in [0.2, 0.25) is 0 Å². The molecule has 1 aliphatic carbocycles. The highest BCUT2D eigenvalue weighted by Crippen LogP contribution is 2.25. The lowest BCUT2D eigenvalue weighted by molar-refractivity contribution is 0.0696. The molecule has 0 heterocycles. The van der Waals surface area contributed by atoms with Crippen LogP contribution in [0.2, 0.25) is 0 Å². The van der Waals surface area contributed by atoms with Crippen LogP contribution in [0, 0.1) is 0 Å². The number of hydrogen-bond acceptors (Lipinski definition) is 2. The molecule has 2 aromatic carbocycles. The van der Waals surface area contributed by atoms with E-state index in [1.807, 2.05) is 18.2 Å². The van der Waals surface area contributed by atoms with Crippen molar-refractivity contribution in [3.8, 4) is 0 Å². The minimum absolute atomic E-state index is 0.0434. The summed E-state index contributed by atoms with van der Waals surface area (Å²) in [5.41, 5.74) is 4.42. The molecule has 23 heavy (non-hydrogen) atoms.